The van der Waals surface area contributed by atoms with Crippen LogP contribution in [-0.4, -0.2) is 80.1 Å². The minimum absolute atomic E-state index is 0.0746. The molecule has 4 heterocycles. The van der Waals surface area contributed by atoms with Gasteiger partial charge in [-0.25, -0.2) is 0 Å². The van der Waals surface area contributed by atoms with Crippen molar-refractivity contribution < 1.29 is 14.3 Å². The molecule has 4 rings (SSSR count). The Morgan fingerprint density at radius 3 is 2.67 bits per heavy atom. The van der Waals surface area contributed by atoms with E-state index < -0.39 is 0 Å². The molecule has 146 valence electrons. The van der Waals surface area contributed by atoms with Crippen LogP contribution < -0.4 is 0 Å². The number of amides is 2. The monoisotopic (exact) mass is 374 g/mol. The minimum Gasteiger partial charge on any atom is -0.368 e. The Balaban J connectivity index is 1.30. The smallest absolute Gasteiger partial charge is 0.251 e. The van der Waals surface area contributed by atoms with E-state index in [4.69, 9.17) is 4.74 Å². The molecule has 0 saturated carbocycles. The van der Waals surface area contributed by atoms with Crippen LogP contribution in [0, 0.1) is 6.92 Å². The predicted molar refractivity (Wildman–Crippen MR) is 98.0 cm³/mol. The first-order valence-electron chi connectivity index (χ1n) is 9.58. The summed E-state index contributed by atoms with van der Waals surface area (Å²) in [6.07, 6.45) is 3.66. The van der Waals surface area contributed by atoms with E-state index in [9.17, 15) is 9.59 Å². The summed E-state index contributed by atoms with van der Waals surface area (Å²) in [4.78, 5) is 28.7. The van der Waals surface area contributed by atoms with E-state index in [1.165, 1.54) is 0 Å². The van der Waals surface area contributed by atoms with Crippen molar-refractivity contribution in [3.05, 3.63) is 11.9 Å². The Hall–Kier alpha value is -2.42. The summed E-state index contributed by atoms with van der Waals surface area (Å²) in [7, 11) is 1.89. The van der Waals surface area contributed by atoms with E-state index in [1.807, 2.05) is 28.5 Å². The fraction of sp³-hybridized carbons (Fsp3) is 0.667. The van der Waals surface area contributed by atoms with Crippen molar-refractivity contribution >= 4 is 22.8 Å². The third-order valence-corrected chi connectivity index (χ3v) is 5.50. The van der Waals surface area contributed by atoms with Gasteiger partial charge < -0.3 is 14.5 Å². The Morgan fingerprint density at radius 2 is 1.96 bits per heavy atom. The van der Waals surface area contributed by atoms with Gasteiger partial charge in [0.15, 0.2) is 0 Å². The first-order valence-corrected chi connectivity index (χ1v) is 9.58. The molecule has 1 unspecified atom stereocenters. The van der Waals surface area contributed by atoms with Gasteiger partial charge in [-0.15, -0.1) is 0 Å². The highest BCUT2D eigenvalue weighted by molar-refractivity contribution is 5.82. The second kappa shape index (κ2) is 7.30. The molecule has 2 aromatic rings. The van der Waals surface area contributed by atoms with Crippen molar-refractivity contribution in [2.45, 2.75) is 38.8 Å². The van der Waals surface area contributed by atoms with Crippen molar-refractivity contribution in [3.63, 3.8) is 0 Å². The highest BCUT2D eigenvalue weighted by Gasteiger charge is 2.31. The SMILES string of the molecule is Cc1nn(C)c2cnn(CCC(=O)N3CCN(C(=O)C4CCCO4)CC3)c12. The van der Waals surface area contributed by atoms with Gasteiger partial charge in [-0.05, 0) is 19.8 Å². The second-order valence-corrected chi connectivity index (χ2v) is 7.27. The van der Waals surface area contributed by atoms with E-state index in [0.717, 1.165) is 29.6 Å². The number of nitrogens with zero attached hydrogens (tertiary/aromatic N) is 6. The van der Waals surface area contributed by atoms with Crippen LogP contribution in [0.4, 0.5) is 0 Å². The van der Waals surface area contributed by atoms with Crippen molar-refractivity contribution in [1.29, 1.82) is 0 Å². The van der Waals surface area contributed by atoms with Gasteiger partial charge in [0.1, 0.15) is 17.1 Å². The maximum absolute atomic E-state index is 12.6. The van der Waals surface area contributed by atoms with Crippen LogP contribution in [0.5, 0.6) is 0 Å². The lowest BCUT2D eigenvalue weighted by atomic mass is 10.2. The molecule has 0 aliphatic carbocycles. The molecule has 0 aromatic carbocycles. The lowest BCUT2D eigenvalue weighted by Crippen LogP contribution is -2.52. The standard InChI is InChI=1S/C18H26N6O3/c1-13-17-14(21(2)20-13)12-19-24(17)6-5-16(25)22-7-9-23(10-8-22)18(26)15-4-3-11-27-15/h12,15H,3-11H2,1-2H3. The van der Waals surface area contributed by atoms with Gasteiger partial charge in [0, 0.05) is 46.3 Å². The maximum Gasteiger partial charge on any atom is 0.251 e. The molecular formula is C18H26N6O3. The molecule has 0 radical (unpaired) electrons. The van der Waals surface area contributed by atoms with Crippen molar-refractivity contribution in [3.8, 4) is 0 Å². The number of piperazine rings is 1. The number of fused-ring (bicyclic) bond motifs is 1. The summed E-state index contributed by atoms with van der Waals surface area (Å²) in [5, 5.41) is 8.79. The summed E-state index contributed by atoms with van der Waals surface area (Å²) in [6.45, 7) is 5.48. The number of aryl methyl sites for hydroxylation is 3. The summed E-state index contributed by atoms with van der Waals surface area (Å²) in [5.41, 5.74) is 2.87. The molecule has 2 amide bonds. The number of hydrogen-bond donors (Lipinski definition) is 0. The summed E-state index contributed by atoms with van der Waals surface area (Å²) < 4.78 is 9.14. The lowest BCUT2D eigenvalue weighted by Gasteiger charge is -2.35. The zero-order valence-electron chi connectivity index (χ0n) is 15.9. The number of ether oxygens (including phenoxy) is 1. The molecule has 0 bridgehead atoms. The van der Waals surface area contributed by atoms with Crippen LogP contribution in [0.25, 0.3) is 11.0 Å². The zero-order valence-corrected chi connectivity index (χ0v) is 15.9. The molecule has 2 fully saturated rings. The Morgan fingerprint density at radius 1 is 1.22 bits per heavy atom. The molecule has 2 saturated heterocycles. The number of carbonyl (C=O) groups is 2. The molecule has 1 atom stereocenters. The summed E-state index contributed by atoms with van der Waals surface area (Å²) >= 11 is 0. The van der Waals surface area contributed by atoms with Crippen LogP contribution >= 0.6 is 0 Å². The lowest BCUT2D eigenvalue weighted by molar-refractivity contribution is -0.146. The van der Waals surface area contributed by atoms with Crippen LogP contribution in [0.15, 0.2) is 6.20 Å². The number of aromatic nitrogens is 4. The molecule has 9 heteroatoms. The number of rotatable bonds is 4. The summed E-state index contributed by atoms with van der Waals surface area (Å²) in [6, 6.07) is 0. The van der Waals surface area contributed by atoms with Gasteiger partial charge in [0.2, 0.25) is 5.91 Å². The zero-order chi connectivity index (χ0) is 19.0. The van der Waals surface area contributed by atoms with E-state index in [-0.39, 0.29) is 17.9 Å². The maximum atomic E-state index is 12.6. The average molecular weight is 374 g/mol. The minimum atomic E-state index is -0.280. The number of carbonyl (C=O) groups excluding carboxylic acids is 2. The van der Waals surface area contributed by atoms with Crippen LogP contribution in [0.1, 0.15) is 25.0 Å². The van der Waals surface area contributed by atoms with E-state index >= 15 is 0 Å². The first kappa shape index (κ1) is 18.0. The second-order valence-electron chi connectivity index (χ2n) is 7.27. The molecule has 2 aromatic heterocycles. The predicted octanol–water partition coefficient (Wildman–Crippen LogP) is 0.318. The Bertz CT molecular complexity index is 843. The van der Waals surface area contributed by atoms with Gasteiger partial charge >= 0.3 is 0 Å². The highest BCUT2D eigenvalue weighted by atomic mass is 16.5. The fourth-order valence-corrected chi connectivity index (χ4v) is 3.99. The van der Waals surface area contributed by atoms with E-state index in [1.54, 1.807) is 10.9 Å². The molecule has 2 aliphatic rings. The van der Waals surface area contributed by atoms with Crippen LogP contribution in [-0.2, 0) is 27.9 Å². The van der Waals surface area contributed by atoms with Gasteiger partial charge in [-0.1, -0.05) is 0 Å². The third kappa shape index (κ3) is 3.43. The van der Waals surface area contributed by atoms with Gasteiger partial charge in [-0.3, -0.25) is 19.0 Å². The quantitative estimate of drug-likeness (QED) is 0.769. The Kier molecular flexibility index (Phi) is 4.86. The normalized spacial score (nSPS) is 20.6. The number of hydrogen-bond acceptors (Lipinski definition) is 5. The van der Waals surface area contributed by atoms with E-state index in [2.05, 4.69) is 10.2 Å². The molecule has 2 aliphatic heterocycles. The first-order chi connectivity index (χ1) is 13.0. The molecule has 0 spiro atoms. The van der Waals surface area contributed by atoms with E-state index in [0.29, 0.717) is 45.8 Å². The van der Waals surface area contributed by atoms with Crippen molar-refractivity contribution in [1.82, 2.24) is 29.4 Å². The summed E-state index contributed by atoms with van der Waals surface area (Å²) in [5.74, 6) is 0.176. The third-order valence-electron chi connectivity index (χ3n) is 5.50. The topological polar surface area (TPSA) is 85.5 Å². The van der Waals surface area contributed by atoms with Gasteiger partial charge in [0.05, 0.1) is 18.4 Å². The average Bonchev–Trinajstić information content (AvgIpc) is 3.39. The Labute approximate surface area is 157 Å². The molecule has 9 nitrogen and oxygen atoms in total. The fourth-order valence-electron chi connectivity index (χ4n) is 3.99. The molecule has 0 N–H and O–H groups in total. The van der Waals surface area contributed by atoms with Crippen molar-refractivity contribution in [2.75, 3.05) is 32.8 Å². The van der Waals surface area contributed by atoms with Crippen LogP contribution in [0.2, 0.25) is 0 Å². The largest absolute Gasteiger partial charge is 0.368 e. The van der Waals surface area contributed by atoms with Crippen molar-refractivity contribution in [2.24, 2.45) is 7.05 Å². The van der Waals surface area contributed by atoms with Gasteiger partial charge in [0.25, 0.3) is 5.91 Å². The molecule has 27 heavy (non-hydrogen) atoms. The van der Waals surface area contributed by atoms with Gasteiger partial charge in [-0.2, -0.15) is 10.2 Å². The van der Waals surface area contributed by atoms with Crippen LogP contribution in [0.3, 0.4) is 0 Å². The highest BCUT2D eigenvalue weighted by Crippen LogP contribution is 2.18. The molecular weight excluding hydrogens is 348 g/mol.